The van der Waals surface area contributed by atoms with E-state index in [0.29, 0.717) is 18.8 Å². The van der Waals surface area contributed by atoms with Crippen molar-refractivity contribution in [1.82, 2.24) is 0 Å². The van der Waals surface area contributed by atoms with Crippen LogP contribution in [0.1, 0.15) is 19.8 Å². The number of rotatable bonds is 4. The van der Waals surface area contributed by atoms with E-state index in [1.54, 1.807) is 7.11 Å². The molecule has 0 aromatic carbocycles. The van der Waals surface area contributed by atoms with E-state index in [1.165, 1.54) is 0 Å². The van der Waals surface area contributed by atoms with Crippen molar-refractivity contribution in [3.05, 3.63) is 0 Å². The van der Waals surface area contributed by atoms with E-state index in [4.69, 9.17) is 15.2 Å². The lowest BCUT2D eigenvalue weighted by Crippen LogP contribution is -2.42. The molecule has 0 amide bonds. The average Bonchev–Trinajstić information content (AvgIpc) is 1.95. The van der Waals surface area contributed by atoms with Crippen molar-refractivity contribution in [2.75, 3.05) is 13.7 Å². The molecule has 11 heavy (non-hydrogen) atoms. The Morgan fingerprint density at radius 3 is 2.64 bits per heavy atom. The molecule has 3 heteroatoms. The molecule has 3 nitrogen and oxygen atoms in total. The standard InChI is InChI=1S/C8H17NO2/c1-6(10-2)5-11-8-3-7(9)4-8/h6-8H,3-5,9H2,1-2H3. The highest BCUT2D eigenvalue weighted by Crippen LogP contribution is 2.21. The minimum absolute atomic E-state index is 0.201. The first kappa shape index (κ1) is 8.97. The summed E-state index contributed by atoms with van der Waals surface area (Å²) >= 11 is 0. The quantitative estimate of drug-likeness (QED) is 0.650. The highest BCUT2D eigenvalue weighted by atomic mass is 16.5. The fourth-order valence-corrected chi connectivity index (χ4v) is 1.08. The molecule has 0 radical (unpaired) electrons. The summed E-state index contributed by atoms with van der Waals surface area (Å²) < 4.78 is 10.5. The molecular weight excluding hydrogens is 142 g/mol. The summed E-state index contributed by atoms with van der Waals surface area (Å²) in [5.41, 5.74) is 5.60. The molecule has 1 aliphatic carbocycles. The van der Waals surface area contributed by atoms with Gasteiger partial charge in [-0.2, -0.15) is 0 Å². The summed E-state index contributed by atoms with van der Waals surface area (Å²) in [6, 6.07) is 0.373. The van der Waals surface area contributed by atoms with Gasteiger partial charge >= 0.3 is 0 Å². The van der Waals surface area contributed by atoms with E-state index < -0.39 is 0 Å². The van der Waals surface area contributed by atoms with Crippen LogP contribution in [0, 0.1) is 0 Å². The third kappa shape index (κ3) is 2.77. The molecule has 0 saturated heterocycles. The lowest BCUT2D eigenvalue weighted by atomic mass is 9.90. The van der Waals surface area contributed by atoms with Gasteiger partial charge in [0.05, 0.1) is 18.8 Å². The van der Waals surface area contributed by atoms with E-state index in [9.17, 15) is 0 Å². The fraction of sp³-hybridized carbons (Fsp3) is 1.00. The van der Waals surface area contributed by atoms with E-state index in [2.05, 4.69) is 0 Å². The van der Waals surface area contributed by atoms with Gasteiger partial charge in [0.15, 0.2) is 0 Å². The largest absolute Gasteiger partial charge is 0.379 e. The Balaban J connectivity index is 1.96. The van der Waals surface area contributed by atoms with Gasteiger partial charge in [-0.15, -0.1) is 0 Å². The van der Waals surface area contributed by atoms with Gasteiger partial charge < -0.3 is 15.2 Å². The van der Waals surface area contributed by atoms with Crippen LogP contribution in [0.25, 0.3) is 0 Å². The zero-order valence-corrected chi connectivity index (χ0v) is 7.25. The van der Waals surface area contributed by atoms with E-state index in [-0.39, 0.29) is 6.10 Å². The first-order chi connectivity index (χ1) is 5.22. The van der Waals surface area contributed by atoms with Crippen LogP contribution in [-0.2, 0) is 9.47 Å². The summed E-state index contributed by atoms with van der Waals surface area (Å²) in [6.07, 6.45) is 2.61. The molecule has 1 unspecified atom stereocenters. The van der Waals surface area contributed by atoms with Gasteiger partial charge in [-0.05, 0) is 19.8 Å². The van der Waals surface area contributed by atoms with E-state index >= 15 is 0 Å². The van der Waals surface area contributed by atoms with Gasteiger partial charge in [0.2, 0.25) is 0 Å². The zero-order valence-electron chi connectivity index (χ0n) is 7.25. The van der Waals surface area contributed by atoms with Gasteiger partial charge in [-0.1, -0.05) is 0 Å². The van der Waals surface area contributed by atoms with Crippen molar-refractivity contribution in [2.24, 2.45) is 5.73 Å². The van der Waals surface area contributed by atoms with E-state index in [0.717, 1.165) is 12.8 Å². The topological polar surface area (TPSA) is 44.5 Å². The highest BCUT2D eigenvalue weighted by molar-refractivity contribution is 4.82. The lowest BCUT2D eigenvalue weighted by molar-refractivity contribution is -0.0545. The molecular formula is C8H17NO2. The Kier molecular flexibility index (Phi) is 3.30. The summed E-state index contributed by atoms with van der Waals surface area (Å²) in [5, 5.41) is 0. The Labute approximate surface area is 67.9 Å². The zero-order chi connectivity index (χ0) is 8.27. The maximum atomic E-state index is 5.60. The minimum Gasteiger partial charge on any atom is -0.379 e. The van der Waals surface area contributed by atoms with Crippen LogP contribution in [0.2, 0.25) is 0 Å². The number of nitrogens with two attached hydrogens (primary N) is 1. The van der Waals surface area contributed by atoms with Crippen LogP contribution in [-0.4, -0.2) is 32.0 Å². The smallest absolute Gasteiger partial charge is 0.0776 e. The van der Waals surface area contributed by atoms with Gasteiger partial charge in [0.25, 0.3) is 0 Å². The van der Waals surface area contributed by atoms with Gasteiger partial charge in [0, 0.05) is 13.2 Å². The first-order valence-corrected chi connectivity index (χ1v) is 4.12. The molecule has 0 aromatic heterocycles. The average molecular weight is 159 g/mol. The molecule has 0 heterocycles. The SMILES string of the molecule is COC(C)COC1CC(N)C1. The number of hydrogen-bond acceptors (Lipinski definition) is 3. The fourth-order valence-electron chi connectivity index (χ4n) is 1.08. The molecule has 66 valence electrons. The van der Waals surface area contributed by atoms with Crippen LogP contribution >= 0.6 is 0 Å². The summed E-state index contributed by atoms with van der Waals surface area (Å²) in [4.78, 5) is 0. The van der Waals surface area contributed by atoms with Crippen LogP contribution in [0.4, 0.5) is 0 Å². The van der Waals surface area contributed by atoms with E-state index in [1.807, 2.05) is 6.92 Å². The molecule has 1 saturated carbocycles. The van der Waals surface area contributed by atoms with Crippen molar-refractivity contribution in [2.45, 2.75) is 38.0 Å². The molecule has 0 spiro atoms. The second kappa shape index (κ2) is 4.04. The Morgan fingerprint density at radius 1 is 1.55 bits per heavy atom. The predicted molar refractivity (Wildman–Crippen MR) is 43.4 cm³/mol. The van der Waals surface area contributed by atoms with Crippen LogP contribution in [0.3, 0.4) is 0 Å². The summed E-state index contributed by atoms with van der Waals surface area (Å²) in [6.45, 7) is 2.69. The van der Waals surface area contributed by atoms with Gasteiger partial charge in [-0.25, -0.2) is 0 Å². The van der Waals surface area contributed by atoms with Crippen molar-refractivity contribution in [3.63, 3.8) is 0 Å². The molecule has 1 rings (SSSR count). The normalized spacial score (nSPS) is 33.0. The van der Waals surface area contributed by atoms with Crippen molar-refractivity contribution < 1.29 is 9.47 Å². The molecule has 2 N–H and O–H groups in total. The molecule has 0 aromatic rings. The number of hydrogen-bond donors (Lipinski definition) is 1. The second-order valence-corrected chi connectivity index (χ2v) is 3.23. The lowest BCUT2D eigenvalue weighted by Gasteiger charge is -2.32. The maximum Gasteiger partial charge on any atom is 0.0776 e. The Bertz CT molecular complexity index is 113. The van der Waals surface area contributed by atoms with Gasteiger partial charge in [0.1, 0.15) is 0 Å². The Hall–Kier alpha value is -0.120. The van der Waals surface area contributed by atoms with Crippen molar-refractivity contribution in [3.8, 4) is 0 Å². The predicted octanol–water partition coefficient (Wildman–Crippen LogP) is 0.528. The van der Waals surface area contributed by atoms with Crippen LogP contribution in [0.5, 0.6) is 0 Å². The third-order valence-electron chi connectivity index (χ3n) is 2.10. The molecule has 0 bridgehead atoms. The molecule has 1 atom stereocenters. The third-order valence-corrected chi connectivity index (χ3v) is 2.10. The minimum atomic E-state index is 0.201. The molecule has 1 fully saturated rings. The first-order valence-electron chi connectivity index (χ1n) is 4.12. The van der Waals surface area contributed by atoms with Crippen molar-refractivity contribution in [1.29, 1.82) is 0 Å². The van der Waals surface area contributed by atoms with Crippen LogP contribution < -0.4 is 5.73 Å². The number of methoxy groups -OCH3 is 1. The summed E-state index contributed by atoms with van der Waals surface area (Å²) in [5.74, 6) is 0. The number of ether oxygens (including phenoxy) is 2. The maximum absolute atomic E-state index is 5.60. The second-order valence-electron chi connectivity index (χ2n) is 3.23. The van der Waals surface area contributed by atoms with Crippen LogP contribution in [0.15, 0.2) is 0 Å². The van der Waals surface area contributed by atoms with Crippen molar-refractivity contribution >= 4 is 0 Å². The highest BCUT2D eigenvalue weighted by Gasteiger charge is 2.26. The Morgan fingerprint density at radius 2 is 2.18 bits per heavy atom. The van der Waals surface area contributed by atoms with Gasteiger partial charge in [-0.3, -0.25) is 0 Å². The molecule has 1 aliphatic rings. The molecule has 0 aliphatic heterocycles. The monoisotopic (exact) mass is 159 g/mol. The summed E-state index contributed by atoms with van der Waals surface area (Å²) in [7, 11) is 1.69.